The minimum Gasteiger partial charge on any atom is -0.465 e. The topological polar surface area (TPSA) is 88.2 Å². The van der Waals surface area contributed by atoms with E-state index in [9.17, 15) is 9.18 Å². The van der Waals surface area contributed by atoms with Crippen molar-refractivity contribution in [2.45, 2.75) is 32.2 Å². The molecule has 28 heavy (non-hydrogen) atoms. The van der Waals surface area contributed by atoms with Gasteiger partial charge in [-0.3, -0.25) is 0 Å². The molecule has 2 N–H and O–H groups in total. The highest BCUT2D eigenvalue weighted by Gasteiger charge is 2.36. The Kier molecular flexibility index (Phi) is 4.34. The number of nitrogens with zero attached hydrogens (tertiary/aromatic N) is 2. The van der Waals surface area contributed by atoms with Crippen molar-refractivity contribution in [3.8, 4) is 22.5 Å². The summed E-state index contributed by atoms with van der Waals surface area (Å²) in [5, 5.41) is 15.8. The van der Waals surface area contributed by atoms with Crippen LogP contribution in [0.4, 0.5) is 9.18 Å². The summed E-state index contributed by atoms with van der Waals surface area (Å²) in [5.41, 5.74) is 2.78. The van der Waals surface area contributed by atoms with E-state index in [1.807, 2.05) is 25.1 Å². The number of fused-ring (bicyclic) bond motifs is 1. The zero-order chi connectivity index (χ0) is 20.1. The van der Waals surface area contributed by atoms with E-state index in [1.165, 1.54) is 6.07 Å². The van der Waals surface area contributed by atoms with Gasteiger partial charge in [0.1, 0.15) is 5.82 Å². The SMILES string of the molecule is Cc1nc(-c2c(F)cc(Cl)cc2-c2ccc3c(c2)CCC3(C)NC(=O)O)no1. The van der Waals surface area contributed by atoms with Gasteiger partial charge in [-0.05, 0) is 54.2 Å². The quantitative estimate of drug-likeness (QED) is 0.649. The molecule has 1 amide bonds. The lowest BCUT2D eigenvalue weighted by Crippen LogP contribution is -2.40. The Hall–Kier alpha value is -2.93. The highest BCUT2D eigenvalue weighted by atomic mass is 35.5. The largest absolute Gasteiger partial charge is 0.465 e. The van der Waals surface area contributed by atoms with Gasteiger partial charge in [0.05, 0.1) is 11.1 Å². The molecule has 0 saturated heterocycles. The van der Waals surface area contributed by atoms with E-state index in [0.29, 0.717) is 24.3 Å². The van der Waals surface area contributed by atoms with Gasteiger partial charge in [0.2, 0.25) is 11.7 Å². The summed E-state index contributed by atoms with van der Waals surface area (Å²) in [6, 6.07) is 8.52. The van der Waals surface area contributed by atoms with Crippen LogP contribution in [0.2, 0.25) is 5.02 Å². The minimum atomic E-state index is -1.06. The zero-order valence-electron chi connectivity index (χ0n) is 15.2. The van der Waals surface area contributed by atoms with E-state index >= 15 is 0 Å². The fourth-order valence-corrected chi connectivity index (χ4v) is 4.03. The average molecular weight is 402 g/mol. The van der Waals surface area contributed by atoms with Gasteiger partial charge in [-0.2, -0.15) is 4.98 Å². The van der Waals surface area contributed by atoms with Crippen molar-refractivity contribution in [2.75, 3.05) is 0 Å². The van der Waals surface area contributed by atoms with Crippen LogP contribution in [-0.2, 0) is 12.0 Å². The van der Waals surface area contributed by atoms with Gasteiger partial charge in [0.15, 0.2) is 0 Å². The third-order valence-electron chi connectivity index (χ3n) is 5.09. The van der Waals surface area contributed by atoms with Crippen LogP contribution in [0.3, 0.4) is 0 Å². The molecule has 0 fully saturated rings. The first-order valence-electron chi connectivity index (χ1n) is 8.71. The van der Waals surface area contributed by atoms with Crippen LogP contribution < -0.4 is 5.32 Å². The van der Waals surface area contributed by atoms with E-state index in [2.05, 4.69) is 15.5 Å². The molecule has 1 aliphatic rings. The standard InChI is InChI=1S/C20H17ClFN3O3/c1-10-23-18(25-28-10)17-14(8-13(21)9-16(17)22)11-3-4-15-12(7-11)5-6-20(15,2)24-19(26)27/h3-4,7-9,24H,5-6H2,1-2H3,(H,26,27). The predicted octanol–water partition coefficient (Wildman–Crippen LogP) is 4.93. The fraction of sp³-hybridized carbons (Fsp3) is 0.250. The number of aromatic nitrogens is 2. The molecule has 6 nitrogen and oxygen atoms in total. The van der Waals surface area contributed by atoms with E-state index in [0.717, 1.165) is 16.7 Å². The van der Waals surface area contributed by atoms with Crippen molar-refractivity contribution in [1.82, 2.24) is 15.5 Å². The molecule has 1 aromatic heterocycles. The molecule has 144 valence electrons. The van der Waals surface area contributed by atoms with E-state index < -0.39 is 17.4 Å². The molecule has 0 aliphatic heterocycles. The first-order valence-corrected chi connectivity index (χ1v) is 9.09. The van der Waals surface area contributed by atoms with Crippen LogP contribution in [0.25, 0.3) is 22.5 Å². The summed E-state index contributed by atoms with van der Waals surface area (Å²) in [7, 11) is 0. The maximum atomic E-state index is 14.8. The zero-order valence-corrected chi connectivity index (χ0v) is 16.0. The lowest BCUT2D eigenvalue weighted by atomic mass is 9.91. The number of rotatable bonds is 3. The second kappa shape index (κ2) is 6.60. The Morgan fingerprint density at radius 2 is 2.14 bits per heavy atom. The first kappa shape index (κ1) is 18.4. The molecule has 1 heterocycles. The molecule has 3 aromatic rings. The molecule has 1 unspecified atom stereocenters. The van der Waals surface area contributed by atoms with Gasteiger partial charge in [0.25, 0.3) is 0 Å². The Balaban J connectivity index is 1.84. The fourth-order valence-electron chi connectivity index (χ4n) is 3.82. The third-order valence-corrected chi connectivity index (χ3v) is 5.31. The Labute approximate surface area is 165 Å². The smallest absolute Gasteiger partial charge is 0.405 e. The van der Waals surface area contributed by atoms with Crippen molar-refractivity contribution in [3.63, 3.8) is 0 Å². The summed E-state index contributed by atoms with van der Waals surface area (Å²) in [4.78, 5) is 15.3. The minimum absolute atomic E-state index is 0.152. The molecule has 0 radical (unpaired) electrons. The van der Waals surface area contributed by atoms with Gasteiger partial charge < -0.3 is 14.9 Å². The van der Waals surface area contributed by atoms with Crippen LogP contribution in [0.15, 0.2) is 34.9 Å². The first-order chi connectivity index (χ1) is 13.3. The number of aryl methyl sites for hydroxylation is 2. The third kappa shape index (κ3) is 3.11. The summed E-state index contributed by atoms with van der Waals surface area (Å²) >= 11 is 6.11. The van der Waals surface area contributed by atoms with Crippen LogP contribution in [0.1, 0.15) is 30.4 Å². The lowest BCUT2D eigenvalue weighted by Gasteiger charge is -2.25. The second-order valence-electron chi connectivity index (χ2n) is 7.08. The molecule has 2 aromatic carbocycles. The van der Waals surface area contributed by atoms with Crippen LogP contribution >= 0.6 is 11.6 Å². The summed E-state index contributed by atoms with van der Waals surface area (Å²) in [5.74, 6) is -0.0551. The monoisotopic (exact) mass is 401 g/mol. The van der Waals surface area contributed by atoms with Gasteiger partial charge in [-0.1, -0.05) is 35.0 Å². The molecule has 4 rings (SSSR count). The van der Waals surface area contributed by atoms with Crippen molar-refractivity contribution in [3.05, 3.63) is 58.2 Å². The number of hydrogen-bond acceptors (Lipinski definition) is 4. The van der Waals surface area contributed by atoms with E-state index in [4.69, 9.17) is 21.2 Å². The number of hydrogen-bond donors (Lipinski definition) is 2. The molecular weight excluding hydrogens is 385 g/mol. The number of amides is 1. The molecule has 0 bridgehead atoms. The lowest BCUT2D eigenvalue weighted by molar-refractivity contribution is 0.179. The summed E-state index contributed by atoms with van der Waals surface area (Å²) in [6.07, 6.45) is 0.296. The molecular formula is C20H17ClFN3O3. The normalized spacial score (nSPS) is 18.1. The van der Waals surface area contributed by atoms with Crippen molar-refractivity contribution >= 4 is 17.7 Å². The maximum absolute atomic E-state index is 14.8. The van der Waals surface area contributed by atoms with Gasteiger partial charge in [-0.15, -0.1) is 0 Å². The summed E-state index contributed by atoms with van der Waals surface area (Å²) < 4.78 is 19.8. The van der Waals surface area contributed by atoms with Crippen LogP contribution in [0.5, 0.6) is 0 Å². The maximum Gasteiger partial charge on any atom is 0.405 e. The van der Waals surface area contributed by atoms with E-state index in [1.54, 1.807) is 13.0 Å². The Bertz CT molecular complexity index is 1100. The highest BCUT2D eigenvalue weighted by molar-refractivity contribution is 6.31. The Morgan fingerprint density at radius 1 is 1.36 bits per heavy atom. The van der Waals surface area contributed by atoms with Crippen molar-refractivity contribution in [2.24, 2.45) is 0 Å². The number of benzene rings is 2. The molecule has 0 saturated carbocycles. The number of halogens is 2. The van der Waals surface area contributed by atoms with E-state index in [-0.39, 0.29) is 16.4 Å². The molecule has 1 aliphatic carbocycles. The van der Waals surface area contributed by atoms with Gasteiger partial charge >= 0.3 is 6.09 Å². The van der Waals surface area contributed by atoms with Crippen LogP contribution in [0, 0.1) is 12.7 Å². The van der Waals surface area contributed by atoms with Crippen molar-refractivity contribution < 1.29 is 18.8 Å². The number of nitrogens with one attached hydrogen (secondary N) is 1. The average Bonchev–Trinajstić information content (AvgIpc) is 3.17. The number of carboxylic acid groups (broad SMARTS) is 1. The molecule has 1 atom stereocenters. The van der Waals surface area contributed by atoms with Crippen molar-refractivity contribution in [1.29, 1.82) is 0 Å². The van der Waals surface area contributed by atoms with Gasteiger partial charge in [0, 0.05) is 11.9 Å². The van der Waals surface area contributed by atoms with Gasteiger partial charge in [-0.25, -0.2) is 9.18 Å². The van der Waals surface area contributed by atoms with Crippen LogP contribution in [-0.4, -0.2) is 21.3 Å². The Morgan fingerprint density at radius 3 is 2.82 bits per heavy atom. The number of carbonyl (C=O) groups is 1. The highest BCUT2D eigenvalue weighted by Crippen LogP contribution is 2.41. The second-order valence-corrected chi connectivity index (χ2v) is 7.52. The summed E-state index contributed by atoms with van der Waals surface area (Å²) in [6.45, 7) is 3.49. The molecule has 8 heteroatoms. The predicted molar refractivity (Wildman–Crippen MR) is 102 cm³/mol. The molecule has 0 spiro atoms.